The van der Waals surface area contributed by atoms with Crippen LogP contribution in [0.2, 0.25) is 0 Å². The molecular formula is C12H23N3O2S. The van der Waals surface area contributed by atoms with Gasteiger partial charge in [0.15, 0.2) is 9.84 Å². The second kappa shape index (κ2) is 6.33. The van der Waals surface area contributed by atoms with Gasteiger partial charge in [-0.25, -0.2) is 8.42 Å². The average Bonchev–Trinajstić information content (AvgIpc) is 2.65. The molecule has 0 unspecified atom stereocenters. The molecule has 1 heterocycles. The van der Waals surface area contributed by atoms with E-state index in [4.69, 9.17) is 0 Å². The molecule has 0 fully saturated rings. The second-order valence-electron chi connectivity index (χ2n) is 4.72. The molecule has 104 valence electrons. The predicted octanol–water partition coefficient (Wildman–Crippen LogP) is 0.895. The van der Waals surface area contributed by atoms with E-state index >= 15 is 0 Å². The van der Waals surface area contributed by atoms with Crippen LogP contribution in [0.1, 0.15) is 32.0 Å². The van der Waals surface area contributed by atoms with Crippen LogP contribution in [0.15, 0.2) is 6.20 Å². The molecule has 0 aromatic carbocycles. The zero-order valence-electron chi connectivity index (χ0n) is 11.6. The Balaban J connectivity index is 2.43. The molecular weight excluding hydrogens is 250 g/mol. The lowest BCUT2D eigenvalue weighted by molar-refractivity contribution is 0.582. The lowest BCUT2D eigenvalue weighted by Gasteiger charge is -2.08. The van der Waals surface area contributed by atoms with E-state index in [0.29, 0.717) is 13.1 Å². The minimum atomic E-state index is -2.95. The van der Waals surface area contributed by atoms with Crippen LogP contribution >= 0.6 is 0 Å². The topological polar surface area (TPSA) is 64.0 Å². The molecule has 5 nitrogen and oxygen atoms in total. The fourth-order valence-electron chi connectivity index (χ4n) is 1.70. The number of aromatic nitrogens is 2. The summed E-state index contributed by atoms with van der Waals surface area (Å²) in [5.74, 6) is 0.187. The summed E-state index contributed by atoms with van der Waals surface area (Å²) in [6.07, 6.45) is 2.87. The van der Waals surface area contributed by atoms with Crippen LogP contribution < -0.4 is 5.32 Å². The fourth-order valence-corrected chi connectivity index (χ4v) is 2.60. The average molecular weight is 273 g/mol. The third kappa shape index (κ3) is 4.10. The Labute approximate surface area is 109 Å². The van der Waals surface area contributed by atoms with Gasteiger partial charge in [0.25, 0.3) is 0 Å². The van der Waals surface area contributed by atoms with E-state index in [1.54, 1.807) is 18.5 Å². The normalized spacial score (nSPS) is 12.3. The minimum absolute atomic E-state index is 0.187. The zero-order valence-corrected chi connectivity index (χ0v) is 12.4. The standard InChI is InChI=1S/C12H23N3O2S/c1-5-12-11(9-15(4)14-12)8-13-6-7-18(16,17)10(2)3/h9-10,13H,5-8H2,1-4H3. The lowest BCUT2D eigenvalue weighted by Crippen LogP contribution is -2.27. The fraction of sp³-hybridized carbons (Fsp3) is 0.750. The molecule has 0 radical (unpaired) electrons. The van der Waals surface area contributed by atoms with Gasteiger partial charge in [0.2, 0.25) is 0 Å². The number of sulfone groups is 1. The monoisotopic (exact) mass is 273 g/mol. The first kappa shape index (κ1) is 15.2. The van der Waals surface area contributed by atoms with Crippen molar-refractivity contribution < 1.29 is 8.42 Å². The summed E-state index contributed by atoms with van der Waals surface area (Å²) in [5, 5.41) is 7.21. The molecule has 0 aliphatic rings. The maximum Gasteiger partial charge on any atom is 0.153 e. The Bertz CT molecular complexity index is 478. The van der Waals surface area contributed by atoms with E-state index in [1.165, 1.54) is 0 Å². The number of rotatable bonds is 7. The Hall–Kier alpha value is -0.880. The molecule has 6 heteroatoms. The zero-order chi connectivity index (χ0) is 13.8. The van der Waals surface area contributed by atoms with E-state index in [0.717, 1.165) is 17.7 Å². The summed E-state index contributed by atoms with van der Waals surface area (Å²) in [6, 6.07) is 0. The van der Waals surface area contributed by atoms with E-state index in [1.807, 2.05) is 13.2 Å². The Kier molecular flexibility index (Phi) is 5.34. The van der Waals surface area contributed by atoms with Crippen molar-refractivity contribution in [2.75, 3.05) is 12.3 Å². The molecule has 0 spiro atoms. The van der Waals surface area contributed by atoms with Crippen molar-refractivity contribution in [3.63, 3.8) is 0 Å². The summed E-state index contributed by atoms with van der Waals surface area (Å²) >= 11 is 0. The second-order valence-corrected chi connectivity index (χ2v) is 7.40. The van der Waals surface area contributed by atoms with Gasteiger partial charge in [-0.1, -0.05) is 6.92 Å². The molecule has 18 heavy (non-hydrogen) atoms. The number of nitrogens with zero attached hydrogens (tertiary/aromatic N) is 2. The van der Waals surface area contributed by atoms with Gasteiger partial charge in [-0.2, -0.15) is 5.10 Å². The van der Waals surface area contributed by atoms with Crippen LogP contribution in [0.4, 0.5) is 0 Å². The third-order valence-corrected chi connectivity index (χ3v) is 5.13. The van der Waals surface area contributed by atoms with E-state index in [2.05, 4.69) is 17.3 Å². The number of hydrogen-bond acceptors (Lipinski definition) is 4. The molecule has 0 saturated heterocycles. The van der Waals surface area contributed by atoms with Crippen molar-refractivity contribution in [1.29, 1.82) is 0 Å². The van der Waals surface area contributed by atoms with Crippen molar-refractivity contribution >= 4 is 9.84 Å². The van der Waals surface area contributed by atoms with Gasteiger partial charge in [0.1, 0.15) is 0 Å². The quantitative estimate of drug-likeness (QED) is 0.750. The summed E-state index contributed by atoms with van der Waals surface area (Å²) in [7, 11) is -1.05. The Morgan fingerprint density at radius 2 is 2.11 bits per heavy atom. The van der Waals surface area contributed by atoms with E-state index in [9.17, 15) is 8.42 Å². The van der Waals surface area contributed by atoms with Gasteiger partial charge >= 0.3 is 0 Å². The number of aryl methyl sites for hydroxylation is 2. The molecule has 0 aliphatic heterocycles. The summed E-state index contributed by atoms with van der Waals surface area (Å²) in [6.45, 7) is 6.65. The minimum Gasteiger partial charge on any atom is -0.312 e. The van der Waals surface area contributed by atoms with Gasteiger partial charge in [-0.3, -0.25) is 4.68 Å². The first-order chi connectivity index (χ1) is 8.36. The van der Waals surface area contributed by atoms with E-state index in [-0.39, 0.29) is 11.0 Å². The van der Waals surface area contributed by atoms with E-state index < -0.39 is 9.84 Å². The molecule has 0 bridgehead atoms. The highest BCUT2D eigenvalue weighted by Crippen LogP contribution is 2.06. The third-order valence-electron chi connectivity index (χ3n) is 2.92. The Morgan fingerprint density at radius 1 is 1.44 bits per heavy atom. The molecule has 0 aliphatic carbocycles. The molecule has 1 aromatic rings. The van der Waals surface area contributed by atoms with Crippen molar-refractivity contribution in [1.82, 2.24) is 15.1 Å². The van der Waals surface area contributed by atoms with Gasteiger partial charge < -0.3 is 5.32 Å². The van der Waals surface area contributed by atoms with Gasteiger partial charge in [-0.05, 0) is 20.3 Å². The first-order valence-electron chi connectivity index (χ1n) is 6.30. The van der Waals surface area contributed by atoms with Crippen LogP contribution in [0, 0.1) is 0 Å². The van der Waals surface area contributed by atoms with Crippen molar-refractivity contribution in [2.45, 2.75) is 39.0 Å². The van der Waals surface area contributed by atoms with Crippen LogP contribution in [0.5, 0.6) is 0 Å². The van der Waals surface area contributed by atoms with Crippen LogP contribution in [-0.2, 0) is 29.9 Å². The molecule has 1 rings (SSSR count). The first-order valence-corrected chi connectivity index (χ1v) is 8.02. The van der Waals surface area contributed by atoms with Crippen LogP contribution in [-0.4, -0.2) is 35.7 Å². The van der Waals surface area contributed by atoms with Crippen LogP contribution in [0.25, 0.3) is 0 Å². The summed E-state index contributed by atoms with van der Waals surface area (Å²) in [5.41, 5.74) is 2.21. The van der Waals surface area contributed by atoms with Crippen molar-refractivity contribution in [3.8, 4) is 0 Å². The SMILES string of the molecule is CCc1nn(C)cc1CNCCS(=O)(=O)C(C)C. The maximum atomic E-state index is 11.6. The highest BCUT2D eigenvalue weighted by Gasteiger charge is 2.15. The van der Waals surface area contributed by atoms with Gasteiger partial charge in [-0.15, -0.1) is 0 Å². The largest absolute Gasteiger partial charge is 0.312 e. The highest BCUT2D eigenvalue weighted by atomic mass is 32.2. The summed E-state index contributed by atoms with van der Waals surface area (Å²) < 4.78 is 25.0. The highest BCUT2D eigenvalue weighted by molar-refractivity contribution is 7.92. The van der Waals surface area contributed by atoms with Gasteiger partial charge in [0.05, 0.1) is 16.7 Å². The molecule has 1 aromatic heterocycles. The maximum absolute atomic E-state index is 11.6. The molecule has 0 saturated carbocycles. The van der Waals surface area contributed by atoms with Crippen molar-refractivity contribution in [2.24, 2.45) is 7.05 Å². The molecule has 0 atom stereocenters. The molecule has 1 N–H and O–H groups in total. The smallest absolute Gasteiger partial charge is 0.153 e. The number of nitrogens with one attached hydrogen (secondary N) is 1. The molecule has 0 amide bonds. The van der Waals surface area contributed by atoms with Gasteiger partial charge in [0, 0.05) is 31.9 Å². The summed E-state index contributed by atoms with van der Waals surface area (Å²) in [4.78, 5) is 0. The van der Waals surface area contributed by atoms with Crippen LogP contribution in [0.3, 0.4) is 0 Å². The van der Waals surface area contributed by atoms with Crippen molar-refractivity contribution in [3.05, 3.63) is 17.5 Å². The predicted molar refractivity (Wildman–Crippen MR) is 73.2 cm³/mol. The number of hydrogen-bond donors (Lipinski definition) is 1. The Morgan fingerprint density at radius 3 is 2.67 bits per heavy atom. The lowest BCUT2D eigenvalue weighted by atomic mass is 10.2.